The van der Waals surface area contributed by atoms with Crippen LogP contribution in [0.1, 0.15) is 32.8 Å². The number of likely N-dealkylation sites (tertiary alicyclic amines) is 1. The van der Waals surface area contributed by atoms with Gasteiger partial charge >= 0.3 is 6.09 Å². The highest BCUT2D eigenvalue weighted by molar-refractivity contribution is 9.10. The van der Waals surface area contributed by atoms with Crippen molar-refractivity contribution in [1.82, 2.24) is 9.80 Å². The molecule has 1 fully saturated rings. The van der Waals surface area contributed by atoms with Gasteiger partial charge in [0.2, 0.25) is 5.91 Å². The molecule has 2 atom stereocenters. The summed E-state index contributed by atoms with van der Waals surface area (Å²) in [5.74, 6) is -4.82. The molecule has 2 unspecified atom stereocenters. The van der Waals surface area contributed by atoms with E-state index in [1.54, 1.807) is 20.8 Å². The summed E-state index contributed by atoms with van der Waals surface area (Å²) >= 11 is 3.17. The minimum Gasteiger partial charge on any atom is -0.444 e. The number of alkyl halides is 3. The lowest BCUT2D eigenvalue weighted by molar-refractivity contribution is -0.172. The van der Waals surface area contributed by atoms with E-state index in [9.17, 15) is 18.4 Å². The quantitative estimate of drug-likeness (QED) is 0.614. The fourth-order valence-electron chi connectivity index (χ4n) is 3.04. The first-order chi connectivity index (χ1) is 12.9. The number of ether oxygens (including phenoxy) is 1. The Kier molecular flexibility index (Phi) is 6.68. The van der Waals surface area contributed by atoms with Crippen LogP contribution in [0.5, 0.6) is 0 Å². The van der Waals surface area contributed by atoms with Gasteiger partial charge in [-0.05, 0) is 39.3 Å². The van der Waals surface area contributed by atoms with Crippen molar-refractivity contribution >= 4 is 27.9 Å². The zero-order valence-electron chi connectivity index (χ0n) is 16.2. The maximum atomic E-state index is 15.4. The maximum absolute atomic E-state index is 15.4. The van der Waals surface area contributed by atoms with Crippen LogP contribution in [0.2, 0.25) is 0 Å². The number of rotatable bonds is 4. The Hall–Kier alpha value is -1.77. The molecule has 0 bridgehead atoms. The van der Waals surface area contributed by atoms with Crippen LogP contribution in [0, 0.1) is 5.92 Å². The summed E-state index contributed by atoms with van der Waals surface area (Å²) in [6, 6.07) is 5.29. The summed E-state index contributed by atoms with van der Waals surface area (Å²) < 4.78 is 48.6. The van der Waals surface area contributed by atoms with Crippen molar-refractivity contribution in [2.75, 3.05) is 20.1 Å². The van der Waals surface area contributed by atoms with Crippen molar-refractivity contribution in [1.29, 1.82) is 0 Å². The van der Waals surface area contributed by atoms with Crippen molar-refractivity contribution in [3.8, 4) is 0 Å². The Morgan fingerprint density at radius 2 is 1.82 bits per heavy atom. The van der Waals surface area contributed by atoms with Gasteiger partial charge in [-0.2, -0.15) is 0 Å². The number of carbonyl (C=O) groups is 2. The molecule has 2 rings (SSSR count). The first kappa shape index (κ1) is 22.5. The Morgan fingerprint density at radius 3 is 2.32 bits per heavy atom. The molecule has 2 amide bonds. The first-order valence-electron chi connectivity index (χ1n) is 8.85. The van der Waals surface area contributed by atoms with Crippen LogP contribution in [0.3, 0.4) is 0 Å². The fourth-order valence-corrected chi connectivity index (χ4v) is 3.30. The van der Waals surface area contributed by atoms with E-state index in [2.05, 4.69) is 15.9 Å². The molecule has 0 radical (unpaired) electrons. The van der Waals surface area contributed by atoms with Crippen LogP contribution in [-0.2, 0) is 15.3 Å². The fraction of sp³-hybridized carbons (Fsp3) is 0.579. The third kappa shape index (κ3) is 4.79. The minimum atomic E-state index is -3.44. The van der Waals surface area contributed by atoms with Crippen molar-refractivity contribution in [3.05, 3.63) is 34.3 Å². The smallest absolute Gasteiger partial charge is 0.410 e. The van der Waals surface area contributed by atoms with Gasteiger partial charge in [0.25, 0.3) is 12.2 Å². The molecule has 0 aromatic heterocycles. The third-order valence-electron chi connectivity index (χ3n) is 4.55. The number of benzene rings is 1. The van der Waals surface area contributed by atoms with Crippen molar-refractivity contribution < 1.29 is 27.5 Å². The lowest BCUT2D eigenvalue weighted by atomic mass is 10.00. The second-order valence-electron chi connectivity index (χ2n) is 7.79. The molecule has 0 spiro atoms. The first-order valence-corrected chi connectivity index (χ1v) is 9.64. The van der Waals surface area contributed by atoms with Crippen molar-refractivity contribution in [3.63, 3.8) is 0 Å². The summed E-state index contributed by atoms with van der Waals surface area (Å²) in [7, 11) is 1.02. The van der Waals surface area contributed by atoms with Crippen LogP contribution in [0.25, 0.3) is 0 Å². The highest BCUT2D eigenvalue weighted by Crippen LogP contribution is 2.38. The van der Waals surface area contributed by atoms with Gasteiger partial charge in [0.15, 0.2) is 0 Å². The van der Waals surface area contributed by atoms with E-state index in [4.69, 9.17) is 4.74 Å². The number of amides is 2. The Balaban J connectivity index is 2.16. The predicted molar refractivity (Wildman–Crippen MR) is 102 cm³/mol. The van der Waals surface area contributed by atoms with Crippen LogP contribution in [-0.4, -0.2) is 54.0 Å². The molecule has 1 saturated heterocycles. The third-order valence-corrected chi connectivity index (χ3v) is 5.07. The van der Waals surface area contributed by atoms with Crippen molar-refractivity contribution in [2.24, 2.45) is 5.92 Å². The van der Waals surface area contributed by atoms with Gasteiger partial charge in [0.1, 0.15) is 5.60 Å². The second-order valence-corrected chi connectivity index (χ2v) is 8.71. The Morgan fingerprint density at radius 1 is 1.25 bits per heavy atom. The number of halogens is 4. The molecule has 0 saturated carbocycles. The van der Waals surface area contributed by atoms with E-state index in [0.29, 0.717) is 9.37 Å². The molecule has 1 heterocycles. The van der Waals surface area contributed by atoms with E-state index in [0.717, 1.165) is 7.05 Å². The molecular formula is C19H24BrF3N2O3. The number of carbonyl (C=O) groups excluding carboxylic acids is 2. The Bertz CT molecular complexity index is 724. The monoisotopic (exact) mass is 464 g/mol. The molecule has 0 aliphatic carbocycles. The predicted octanol–water partition coefficient (Wildman–Crippen LogP) is 4.55. The van der Waals surface area contributed by atoms with Crippen LogP contribution in [0.4, 0.5) is 18.0 Å². The Labute approximate surface area is 170 Å². The zero-order valence-corrected chi connectivity index (χ0v) is 17.8. The summed E-state index contributed by atoms with van der Waals surface area (Å²) in [6.07, 6.45) is -3.77. The van der Waals surface area contributed by atoms with Gasteiger partial charge in [0.05, 0.1) is 5.92 Å². The molecule has 5 nitrogen and oxygen atoms in total. The summed E-state index contributed by atoms with van der Waals surface area (Å²) in [4.78, 5) is 26.7. The molecule has 1 aromatic rings. The van der Waals surface area contributed by atoms with E-state index in [1.165, 1.54) is 29.2 Å². The van der Waals surface area contributed by atoms with Crippen LogP contribution in [0.15, 0.2) is 28.7 Å². The normalized spacial score (nSPS) is 19.5. The highest BCUT2D eigenvalue weighted by Gasteiger charge is 2.50. The maximum Gasteiger partial charge on any atom is 0.410 e. The second kappa shape index (κ2) is 8.31. The lowest BCUT2D eigenvalue weighted by Crippen LogP contribution is -2.51. The summed E-state index contributed by atoms with van der Waals surface area (Å²) in [5, 5.41) is 0. The average Bonchev–Trinajstić information content (AvgIpc) is 3.09. The van der Waals surface area contributed by atoms with E-state index in [-0.39, 0.29) is 25.1 Å². The molecule has 1 aliphatic heterocycles. The molecular weight excluding hydrogens is 441 g/mol. The van der Waals surface area contributed by atoms with Gasteiger partial charge in [-0.25, -0.2) is 18.0 Å². The molecule has 0 N–H and O–H groups in total. The number of hydrogen-bond donors (Lipinski definition) is 0. The van der Waals surface area contributed by atoms with Gasteiger partial charge in [-0.15, -0.1) is 0 Å². The standard InChI is InChI=1S/C19H24BrF3N2O3/c1-18(2,3)28-17(27)25-10-9-12(11-25)15(26)24(4)19(23,16(21)22)13-5-7-14(20)8-6-13/h5-8,12,16H,9-11H2,1-4H3. The minimum absolute atomic E-state index is 0.00224. The van der Waals surface area contributed by atoms with Crippen LogP contribution >= 0.6 is 15.9 Å². The topological polar surface area (TPSA) is 49.9 Å². The van der Waals surface area contributed by atoms with E-state index in [1.807, 2.05) is 0 Å². The highest BCUT2D eigenvalue weighted by atomic mass is 79.9. The van der Waals surface area contributed by atoms with E-state index >= 15 is 4.39 Å². The number of hydrogen-bond acceptors (Lipinski definition) is 3. The zero-order chi connectivity index (χ0) is 21.3. The van der Waals surface area contributed by atoms with Gasteiger partial charge in [-0.3, -0.25) is 4.79 Å². The van der Waals surface area contributed by atoms with Gasteiger partial charge in [0, 0.05) is 30.2 Å². The largest absolute Gasteiger partial charge is 0.444 e. The molecule has 28 heavy (non-hydrogen) atoms. The molecule has 1 aliphatic rings. The van der Waals surface area contributed by atoms with Crippen LogP contribution < -0.4 is 0 Å². The summed E-state index contributed by atoms with van der Waals surface area (Å²) in [5.41, 5.74) is -1.01. The molecule has 156 valence electrons. The van der Waals surface area contributed by atoms with Crippen molar-refractivity contribution in [2.45, 2.75) is 45.0 Å². The summed E-state index contributed by atoms with van der Waals surface area (Å²) in [6.45, 7) is 5.39. The SMILES string of the molecule is CN(C(=O)C1CCN(C(=O)OC(C)(C)C)C1)C(F)(c1ccc(Br)cc1)C(F)F. The molecule has 1 aromatic carbocycles. The lowest BCUT2D eigenvalue weighted by Gasteiger charge is -2.36. The van der Waals surface area contributed by atoms with Gasteiger partial charge in [-0.1, -0.05) is 28.1 Å². The van der Waals surface area contributed by atoms with E-state index < -0.39 is 35.7 Å². The number of nitrogens with zero attached hydrogens (tertiary/aromatic N) is 2. The van der Waals surface area contributed by atoms with Gasteiger partial charge < -0.3 is 14.5 Å². The molecule has 9 heteroatoms. The average molecular weight is 465 g/mol.